The van der Waals surface area contributed by atoms with E-state index in [0.29, 0.717) is 12.8 Å². The topological polar surface area (TPSA) is 86.2 Å². The number of hydrogen-bond acceptors (Lipinski definition) is 4. The van der Waals surface area contributed by atoms with E-state index >= 15 is 0 Å². The van der Waals surface area contributed by atoms with Crippen LogP contribution in [0.2, 0.25) is 0 Å². The van der Waals surface area contributed by atoms with Crippen LogP contribution >= 0.6 is 0 Å². The maximum atomic E-state index is 10.8. The Bertz CT molecular complexity index is 204. The van der Waals surface area contributed by atoms with Gasteiger partial charge in [-0.15, -0.1) is 0 Å². The molecule has 0 radical (unpaired) electrons. The average Bonchev–Trinajstić information content (AvgIpc) is 1.79. The van der Waals surface area contributed by atoms with Crippen LogP contribution in [0.4, 0.5) is 0 Å². The smallest absolute Gasteiger partial charge is 0.150 e. The van der Waals surface area contributed by atoms with E-state index in [1.807, 2.05) is 0 Å². The zero-order valence-electron chi connectivity index (χ0n) is 5.71. The van der Waals surface area contributed by atoms with Gasteiger partial charge in [0.1, 0.15) is 0 Å². The van der Waals surface area contributed by atoms with Crippen molar-refractivity contribution in [3.63, 3.8) is 0 Å². The third-order valence-electron chi connectivity index (χ3n) is 1.76. The highest BCUT2D eigenvalue weighted by molar-refractivity contribution is 7.91. The number of nitrogens with two attached hydrogens (primary N) is 2. The summed E-state index contributed by atoms with van der Waals surface area (Å²) in [6.07, 6.45) is 0.769. The van der Waals surface area contributed by atoms with Crippen LogP contribution in [-0.2, 0) is 9.84 Å². The van der Waals surface area contributed by atoms with Gasteiger partial charge in [-0.05, 0) is 12.8 Å². The molecule has 1 heterocycles. The lowest BCUT2D eigenvalue weighted by Gasteiger charge is -2.28. The SMILES string of the molecule is NC1(N)CCS(=O)(=O)CC1. The number of sulfone groups is 1. The van der Waals surface area contributed by atoms with Gasteiger partial charge in [-0.1, -0.05) is 0 Å². The van der Waals surface area contributed by atoms with Crippen molar-refractivity contribution in [3.05, 3.63) is 0 Å². The van der Waals surface area contributed by atoms with Crippen molar-refractivity contribution >= 4 is 9.84 Å². The molecule has 0 spiro atoms. The Balaban J connectivity index is 2.63. The molecule has 1 rings (SSSR count). The second-order valence-corrected chi connectivity index (χ2v) is 5.19. The largest absolute Gasteiger partial charge is 0.313 e. The summed E-state index contributed by atoms with van der Waals surface area (Å²) >= 11 is 0. The molecule has 1 saturated heterocycles. The van der Waals surface area contributed by atoms with E-state index in [1.165, 1.54) is 0 Å². The van der Waals surface area contributed by atoms with E-state index in [1.54, 1.807) is 0 Å². The van der Waals surface area contributed by atoms with Crippen LogP contribution < -0.4 is 11.5 Å². The molecule has 1 aliphatic rings. The van der Waals surface area contributed by atoms with Crippen molar-refractivity contribution in [1.29, 1.82) is 0 Å². The minimum absolute atomic E-state index is 0.139. The highest BCUT2D eigenvalue weighted by Gasteiger charge is 2.29. The Hall–Kier alpha value is -0.130. The Kier molecular flexibility index (Phi) is 1.74. The summed E-state index contributed by atoms with van der Waals surface area (Å²) < 4.78 is 21.7. The molecule has 0 saturated carbocycles. The lowest BCUT2D eigenvalue weighted by Crippen LogP contribution is -2.54. The first-order valence-corrected chi connectivity index (χ1v) is 5.02. The second kappa shape index (κ2) is 2.18. The molecule has 4 nitrogen and oxygen atoms in total. The van der Waals surface area contributed by atoms with Gasteiger partial charge in [0.25, 0.3) is 0 Å². The van der Waals surface area contributed by atoms with Crippen LogP contribution in [0.25, 0.3) is 0 Å². The van der Waals surface area contributed by atoms with E-state index in [0.717, 1.165) is 0 Å². The van der Waals surface area contributed by atoms with Crippen LogP contribution in [0, 0.1) is 0 Å². The van der Waals surface area contributed by atoms with Crippen LogP contribution in [0.1, 0.15) is 12.8 Å². The molecule has 60 valence electrons. The van der Waals surface area contributed by atoms with E-state index in [9.17, 15) is 8.42 Å². The van der Waals surface area contributed by atoms with Crippen molar-refractivity contribution in [1.82, 2.24) is 0 Å². The van der Waals surface area contributed by atoms with Crippen LogP contribution in [0.5, 0.6) is 0 Å². The first-order chi connectivity index (χ1) is 4.41. The van der Waals surface area contributed by atoms with Gasteiger partial charge in [0.05, 0.1) is 17.2 Å². The molecule has 0 atom stereocenters. The van der Waals surface area contributed by atoms with Crippen molar-refractivity contribution in [2.24, 2.45) is 11.5 Å². The molecule has 4 N–H and O–H groups in total. The molecule has 0 aromatic rings. The van der Waals surface area contributed by atoms with Crippen molar-refractivity contribution < 1.29 is 8.42 Å². The van der Waals surface area contributed by atoms with Gasteiger partial charge in [0.2, 0.25) is 0 Å². The first-order valence-electron chi connectivity index (χ1n) is 3.20. The average molecular weight is 164 g/mol. The fraction of sp³-hybridized carbons (Fsp3) is 1.00. The Morgan fingerprint density at radius 2 is 1.50 bits per heavy atom. The summed E-state index contributed by atoms with van der Waals surface area (Å²) in [5, 5.41) is 0. The van der Waals surface area contributed by atoms with Crippen molar-refractivity contribution in [2.45, 2.75) is 18.5 Å². The molecule has 0 aromatic heterocycles. The van der Waals surface area contributed by atoms with E-state index in [2.05, 4.69) is 0 Å². The molecule has 0 aromatic carbocycles. The molecule has 1 aliphatic heterocycles. The standard InChI is InChI=1S/C5H12N2O2S/c6-5(7)1-3-10(8,9)4-2-5/h1-4,6-7H2. The minimum Gasteiger partial charge on any atom is -0.313 e. The molecule has 0 aliphatic carbocycles. The van der Waals surface area contributed by atoms with Crippen molar-refractivity contribution in [2.75, 3.05) is 11.5 Å². The maximum absolute atomic E-state index is 10.8. The third kappa shape index (κ3) is 1.93. The van der Waals surface area contributed by atoms with Crippen molar-refractivity contribution in [3.8, 4) is 0 Å². The monoisotopic (exact) mass is 164 g/mol. The van der Waals surface area contributed by atoms with E-state index in [4.69, 9.17) is 11.5 Å². The molecular weight excluding hydrogens is 152 g/mol. The highest BCUT2D eigenvalue weighted by atomic mass is 32.2. The normalized spacial score (nSPS) is 29.8. The van der Waals surface area contributed by atoms with Crippen LogP contribution in [0.3, 0.4) is 0 Å². The predicted molar refractivity (Wildman–Crippen MR) is 39.0 cm³/mol. The van der Waals surface area contributed by atoms with Gasteiger partial charge >= 0.3 is 0 Å². The molecule has 1 fully saturated rings. The Morgan fingerprint density at radius 3 is 1.80 bits per heavy atom. The molecule has 5 heteroatoms. The first kappa shape index (κ1) is 7.97. The highest BCUT2D eigenvalue weighted by Crippen LogP contribution is 2.15. The molecular formula is C5H12N2O2S. The third-order valence-corrected chi connectivity index (χ3v) is 3.41. The van der Waals surface area contributed by atoms with Gasteiger partial charge in [-0.3, -0.25) is 0 Å². The van der Waals surface area contributed by atoms with Gasteiger partial charge in [0, 0.05) is 0 Å². The zero-order chi connectivity index (χ0) is 7.83. The summed E-state index contributed by atoms with van der Waals surface area (Å²) in [4.78, 5) is 0. The van der Waals surface area contributed by atoms with E-state index < -0.39 is 15.5 Å². The summed E-state index contributed by atoms with van der Waals surface area (Å²) in [6, 6.07) is 0. The summed E-state index contributed by atoms with van der Waals surface area (Å²) in [6.45, 7) is 0. The molecule has 10 heavy (non-hydrogen) atoms. The fourth-order valence-corrected chi connectivity index (χ4v) is 2.50. The Labute approximate surface area is 60.5 Å². The predicted octanol–water partition coefficient (Wildman–Crippen LogP) is -1.19. The minimum atomic E-state index is -2.81. The molecule has 0 bridgehead atoms. The Morgan fingerprint density at radius 1 is 1.10 bits per heavy atom. The lowest BCUT2D eigenvalue weighted by atomic mass is 10.1. The second-order valence-electron chi connectivity index (χ2n) is 2.88. The molecule has 0 unspecified atom stereocenters. The number of hydrogen-bond donors (Lipinski definition) is 2. The summed E-state index contributed by atoms with van der Waals surface area (Å²) in [7, 11) is -2.81. The molecule has 0 amide bonds. The van der Waals surface area contributed by atoms with Gasteiger partial charge < -0.3 is 11.5 Å². The van der Waals surface area contributed by atoms with E-state index in [-0.39, 0.29) is 11.5 Å². The lowest BCUT2D eigenvalue weighted by molar-refractivity contribution is 0.396. The fourth-order valence-electron chi connectivity index (χ4n) is 0.918. The van der Waals surface area contributed by atoms with Gasteiger partial charge in [-0.2, -0.15) is 0 Å². The number of rotatable bonds is 0. The van der Waals surface area contributed by atoms with Crippen LogP contribution in [-0.4, -0.2) is 25.6 Å². The summed E-state index contributed by atoms with van der Waals surface area (Å²) in [5.41, 5.74) is 10.3. The quantitative estimate of drug-likeness (QED) is 0.441. The maximum Gasteiger partial charge on any atom is 0.150 e. The van der Waals surface area contributed by atoms with Crippen LogP contribution in [0.15, 0.2) is 0 Å². The van der Waals surface area contributed by atoms with Gasteiger partial charge in [0.15, 0.2) is 9.84 Å². The zero-order valence-corrected chi connectivity index (χ0v) is 6.52. The van der Waals surface area contributed by atoms with Gasteiger partial charge in [-0.25, -0.2) is 8.42 Å². The summed E-state index contributed by atoms with van der Waals surface area (Å²) in [5.74, 6) is 0.278.